The van der Waals surface area contributed by atoms with E-state index in [-0.39, 0.29) is 12.1 Å². The first-order valence-electron chi connectivity index (χ1n) is 9.51. The van der Waals surface area contributed by atoms with Crippen molar-refractivity contribution in [2.45, 2.75) is 12.1 Å². The molecule has 0 spiro atoms. The highest BCUT2D eigenvalue weighted by molar-refractivity contribution is 9.10. The lowest BCUT2D eigenvalue weighted by atomic mass is 10.0. The van der Waals surface area contributed by atoms with Gasteiger partial charge in [-0.25, -0.2) is 0 Å². The van der Waals surface area contributed by atoms with Gasteiger partial charge >= 0.3 is 0 Å². The molecule has 1 aliphatic rings. The quantitative estimate of drug-likeness (QED) is 0.529. The fourth-order valence-corrected chi connectivity index (χ4v) is 4.14. The van der Waals surface area contributed by atoms with Gasteiger partial charge in [-0.2, -0.15) is 0 Å². The second-order valence-electron chi connectivity index (χ2n) is 7.33. The van der Waals surface area contributed by atoms with E-state index in [1.807, 2.05) is 54.7 Å². The number of nitrogens with one attached hydrogen (secondary N) is 1. The van der Waals surface area contributed by atoms with Crippen LogP contribution in [-0.4, -0.2) is 47.1 Å². The Morgan fingerprint density at radius 2 is 1.93 bits per heavy atom. The number of thiocarbonyl (C=S) groups is 1. The summed E-state index contributed by atoms with van der Waals surface area (Å²) in [5, 5.41) is 4.19. The average Bonchev–Trinajstić information content (AvgIpc) is 3.32. The molecule has 0 unspecified atom stereocenters. The molecule has 4 rings (SSSR count). The van der Waals surface area contributed by atoms with E-state index in [9.17, 15) is 0 Å². The van der Waals surface area contributed by atoms with E-state index < -0.39 is 0 Å². The third-order valence-corrected chi connectivity index (χ3v) is 5.91. The van der Waals surface area contributed by atoms with Gasteiger partial charge < -0.3 is 19.5 Å². The Labute approximate surface area is 184 Å². The smallest absolute Gasteiger partial charge is 0.170 e. The predicted molar refractivity (Wildman–Crippen MR) is 123 cm³/mol. The van der Waals surface area contributed by atoms with Gasteiger partial charge in [0, 0.05) is 29.3 Å². The van der Waals surface area contributed by atoms with Crippen LogP contribution < -0.4 is 5.32 Å². The van der Waals surface area contributed by atoms with Crippen LogP contribution in [0.15, 0.2) is 69.7 Å². The number of rotatable bonds is 6. The summed E-state index contributed by atoms with van der Waals surface area (Å²) in [6, 6.07) is 18.0. The van der Waals surface area contributed by atoms with Crippen molar-refractivity contribution in [3.63, 3.8) is 0 Å². The zero-order chi connectivity index (χ0) is 20.4. The number of halogens is 1. The van der Waals surface area contributed by atoms with E-state index in [0.29, 0.717) is 0 Å². The van der Waals surface area contributed by atoms with Gasteiger partial charge in [-0.15, -0.1) is 0 Å². The third-order valence-electron chi connectivity index (χ3n) is 5.03. The molecular weight excluding hydrogens is 448 g/mol. The van der Waals surface area contributed by atoms with Crippen LogP contribution in [0.25, 0.3) is 11.3 Å². The number of likely N-dealkylation sites (N-methyl/N-ethyl adjacent to an activating group) is 1. The van der Waals surface area contributed by atoms with E-state index in [4.69, 9.17) is 16.6 Å². The molecule has 7 heteroatoms. The summed E-state index contributed by atoms with van der Waals surface area (Å²) < 4.78 is 7.38. The van der Waals surface area contributed by atoms with Crippen molar-refractivity contribution in [3.8, 4) is 11.3 Å². The summed E-state index contributed by atoms with van der Waals surface area (Å²) in [5.41, 5.74) is 2.00. The molecule has 1 aliphatic heterocycles. The number of hydrogen-bond donors (Lipinski definition) is 1. The topological polar surface area (TPSA) is 44.5 Å². The van der Waals surface area contributed by atoms with Crippen molar-refractivity contribution in [1.82, 2.24) is 20.1 Å². The molecule has 0 radical (unpaired) electrons. The van der Waals surface area contributed by atoms with Crippen molar-refractivity contribution < 1.29 is 4.42 Å². The van der Waals surface area contributed by atoms with E-state index in [0.717, 1.165) is 45.5 Å². The highest BCUT2D eigenvalue weighted by Gasteiger charge is 2.41. The van der Waals surface area contributed by atoms with Crippen molar-refractivity contribution >= 4 is 33.3 Å². The van der Waals surface area contributed by atoms with Gasteiger partial charge in [-0.05, 0) is 62.7 Å². The molecule has 3 aromatic rings. The predicted octanol–water partition coefficient (Wildman–Crippen LogP) is 4.64. The molecular formula is C22H23BrN4OS. The van der Waals surface area contributed by atoms with Gasteiger partial charge in [-0.3, -0.25) is 4.98 Å². The molecule has 150 valence electrons. The van der Waals surface area contributed by atoms with Crippen LogP contribution in [0.3, 0.4) is 0 Å². The Balaban J connectivity index is 1.69. The summed E-state index contributed by atoms with van der Waals surface area (Å²) in [5.74, 6) is 1.72. The number of pyridine rings is 1. The van der Waals surface area contributed by atoms with Crippen LogP contribution in [0.1, 0.15) is 23.5 Å². The summed E-state index contributed by atoms with van der Waals surface area (Å²) in [6.07, 6.45) is 1.81. The molecule has 0 aliphatic carbocycles. The van der Waals surface area contributed by atoms with Gasteiger partial charge in [0.25, 0.3) is 0 Å². The number of hydrogen-bond acceptors (Lipinski definition) is 4. The fourth-order valence-electron chi connectivity index (χ4n) is 3.54. The number of furan rings is 1. The van der Waals surface area contributed by atoms with E-state index >= 15 is 0 Å². The van der Waals surface area contributed by atoms with Gasteiger partial charge in [0.2, 0.25) is 0 Å². The maximum absolute atomic E-state index is 6.33. The minimum absolute atomic E-state index is 0.0541. The van der Waals surface area contributed by atoms with Crippen molar-refractivity contribution in [1.29, 1.82) is 0 Å². The molecule has 0 saturated carbocycles. The lowest BCUT2D eigenvalue weighted by Gasteiger charge is -2.27. The van der Waals surface area contributed by atoms with Crippen LogP contribution >= 0.6 is 28.1 Å². The molecule has 0 bridgehead atoms. The zero-order valence-electron chi connectivity index (χ0n) is 16.4. The maximum atomic E-state index is 6.33. The monoisotopic (exact) mass is 470 g/mol. The largest absolute Gasteiger partial charge is 0.459 e. The first-order valence-corrected chi connectivity index (χ1v) is 10.7. The van der Waals surface area contributed by atoms with Crippen LogP contribution in [0.2, 0.25) is 0 Å². The highest BCUT2D eigenvalue weighted by atomic mass is 79.9. The Morgan fingerprint density at radius 1 is 1.14 bits per heavy atom. The van der Waals surface area contributed by atoms with Gasteiger partial charge in [0.1, 0.15) is 17.6 Å². The Hall–Kier alpha value is -2.22. The van der Waals surface area contributed by atoms with Gasteiger partial charge in [-0.1, -0.05) is 34.1 Å². The first kappa shape index (κ1) is 20.1. The van der Waals surface area contributed by atoms with Gasteiger partial charge in [0.15, 0.2) is 5.11 Å². The molecule has 3 heterocycles. The minimum Gasteiger partial charge on any atom is -0.459 e. The second kappa shape index (κ2) is 8.65. The third kappa shape index (κ3) is 4.37. The van der Waals surface area contributed by atoms with Gasteiger partial charge in [0.05, 0.1) is 11.7 Å². The summed E-state index contributed by atoms with van der Waals surface area (Å²) in [6.45, 7) is 1.70. The fraction of sp³-hybridized carbons (Fsp3) is 0.273. The second-order valence-corrected chi connectivity index (χ2v) is 8.63. The normalized spacial score (nSPS) is 19.0. The number of aromatic nitrogens is 1. The Morgan fingerprint density at radius 3 is 2.62 bits per heavy atom. The molecule has 1 fully saturated rings. The molecule has 2 aromatic heterocycles. The maximum Gasteiger partial charge on any atom is 0.170 e. The lowest BCUT2D eigenvalue weighted by molar-refractivity contribution is 0.250. The lowest BCUT2D eigenvalue weighted by Crippen LogP contribution is -2.35. The van der Waals surface area contributed by atoms with E-state index in [1.54, 1.807) is 0 Å². The number of nitrogens with zero attached hydrogens (tertiary/aromatic N) is 3. The SMILES string of the molecule is CN(C)CCN1C(=S)N[C@@H](c2ccccn2)[C@H]1c1ccc(-c2ccc(Br)cc2)o1. The van der Waals surface area contributed by atoms with Crippen LogP contribution in [-0.2, 0) is 0 Å². The average molecular weight is 471 g/mol. The van der Waals surface area contributed by atoms with Crippen LogP contribution in [0.4, 0.5) is 0 Å². The summed E-state index contributed by atoms with van der Waals surface area (Å²) >= 11 is 9.17. The molecule has 5 nitrogen and oxygen atoms in total. The Kier molecular flexibility index (Phi) is 5.99. The molecule has 1 saturated heterocycles. The minimum atomic E-state index is -0.0604. The zero-order valence-corrected chi connectivity index (χ0v) is 18.8. The van der Waals surface area contributed by atoms with Crippen molar-refractivity contribution in [2.75, 3.05) is 27.2 Å². The molecule has 2 atom stereocenters. The Bertz CT molecular complexity index is 974. The highest BCUT2D eigenvalue weighted by Crippen LogP contribution is 2.40. The van der Waals surface area contributed by atoms with E-state index in [1.165, 1.54) is 0 Å². The molecule has 1 aromatic carbocycles. The molecule has 0 amide bonds. The number of benzene rings is 1. The van der Waals surface area contributed by atoms with Crippen molar-refractivity contribution in [3.05, 3.63) is 76.7 Å². The standard InChI is InChI=1S/C22H23BrN4OS/c1-26(2)13-14-27-21(20(25-22(27)29)17-5-3-4-12-24-17)19-11-10-18(28-19)15-6-8-16(23)9-7-15/h3-12,20-21H,13-14H2,1-2H3,(H,25,29)/t20-,21+/m0/s1. The van der Waals surface area contributed by atoms with E-state index in [2.05, 4.69) is 56.2 Å². The van der Waals surface area contributed by atoms with Crippen molar-refractivity contribution in [2.24, 2.45) is 0 Å². The molecule has 1 N–H and O–H groups in total. The van der Waals surface area contributed by atoms with Crippen LogP contribution in [0, 0.1) is 0 Å². The molecule has 29 heavy (non-hydrogen) atoms. The van der Waals surface area contributed by atoms with Crippen LogP contribution in [0.5, 0.6) is 0 Å². The summed E-state index contributed by atoms with van der Waals surface area (Å²) in [4.78, 5) is 8.93. The summed E-state index contributed by atoms with van der Waals surface area (Å²) in [7, 11) is 4.13. The first-order chi connectivity index (χ1) is 14.0.